The van der Waals surface area contributed by atoms with E-state index in [1.54, 1.807) is 12.1 Å². The summed E-state index contributed by atoms with van der Waals surface area (Å²) in [4.78, 5) is 27.5. The lowest BCUT2D eigenvalue weighted by molar-refractivity contribution is 0.102. The lowest BCUT2D eigenvalue weighted by atomic mass is 10.2. The largest absolute Gasteiger partial charge is 0.336 e. The molecule has 1 amide bonds. The summed E-state index contributed by atoms with van der Waals surface area (Å²) in [6, 6.07) is 10.2. The highest BCUT2D eigenvalue weighted by Crippen LogP contribution is 2.19. The second kappa shape index (κ2) is 5.95. The zero-order chi connectivity index (χ0) is 17.4. The monoisotopic (exact) mass is 355 g/mol. The van der Waals surface area contributed by atoms with Crippen LogP contribution in [-0.2, 0) is 0 Å². The van der Waals surface area contributed by atoms with Gasteiger partial charge < -0.3 is 4.98 Å². The van der Waals surface area contributed by atoms with E-state index in [-0.39, 0.29) is 11.3 Å². The van der Waals surface area contributed by atoms with E-state index in [9.17, 15) is 14.0 Å². The highest BCUT2D eigenvalue weighted by atomic mass is 32.1. The number of anilines is 1. The quantitative estimate of drug-likeness (QED) is 0.591. The van der Waals surface area contributed by atoms with E-state index < -0.39 is 11.7 Å². The minimum atomic E-state index is -0.397. The van der Waals surface area contributed by atoms with Crippen LogP contribution in [0.4, 0.5) is 9.52 Å². The molecule has 0 saturated heterocycles. The zero-order valence-electron chi connectivity index (χ0n) is 12.6. The first-order valence-electron chi connectivity index (χ1n) is 7.20. The average molecular weight is 355 g/mol. The summed E-state index contributed by atoms with van der Waals surface area (Å²) in [5.74, 6) is -0.793. The van der Waals surface area contributed by atoms with Crippen LogP contribution in [0.5, 0.6) is 0 Å². The van der Waals surface area contributed by atoms with E-state index >= 15 is 0 Å². The number of halogens is 1. The van der Waals surface area contributed by atoms with Gasteiger partial charge in [0, 0.05) is 11.5 Å². The molecule has 0 bridgehead atoms. The predicted octanol–water partition coefficient (Wildman–Crippen LogP) is 2.56. The van der Waals surface area contributed by atoms with E-state index in [1.807, 2.05) is 0 Å². The Morgan fingerprint density at radius 2 is 2.00 bits per heavy atom. The fourth-order valence-electron chi connectivity index (χ4n) is 2.48. The molecule has 0 unspecified atom stereocenters. The molecule has 0 spiro atoms. The minimum Gasteiger partial charge on any atom is -0.336 e. The molecule has 3 aromatic heterocycles. The Morgan fingerprint density at radius 1 is 1.20 bits per heavy atom. The van der Waals surface area contributed by atoms with Crippen molar-refractivity contribution in [3.05, 3.63) is 69.8 Å². The number of pyridine rings is 1. The summed E-state index contributed by atoms with van der Waals surface area (Å²) >= 11 is 1.20. The number of carbonyl (C=O) groups excluding carboxylic acids is 1. The fourth-order valence-corrected chi connectivity index (χ4v) is 2.92. The van der Waals surface area contributed by atoms with Crippen molar-refractivity contribution in [2.75, 3.05) is 5.32 Å². The summed E-state index contributed by atoms with van der Waals surface area (Å²) in [5.41, 5.74) is 2.42. The van der Waals surface area contributed by atoms with Crippen LogP contribution in [0.3, 0.4) is 0 Å². The molecule has 0 aliphatic carbocycles. The maximum atomic E-state index is 13.1. The number of hydrogen-bond donors (Lipinski definition) is 2. The van der Waals surface area contributed by atoms with E-state index in [0.29, 0.717) is 21.9 Å². The topological polar surface area (TPSA) is 92.7 Å². The molecule has 4 aromatic rings. The fraction of sp³-hybridized carbons (Fsp3) is 0. The van der Waals surface area contributed by atoms with Crippen molar-refractivity contribution in [3.63, 3.8) is 0 Å². The Balaban J connectivity index is 1.80. The number of amides is 1. The summed E-state index contributed by atoms with van der Waals surface area (Å²) in [6.45, 7) is 0. The van der Waals surface area contributed by atoms with Gasteiger partial charge in [0.15, 0.2) is 0 Å². The Bertz CT molecular complexity index is 1120. The maximum absolute atomic E-state index is 13.1. The maximum Gasteiger partial charge on any atom is 0.273 e. The molecular weight excluding hydrogens is 345 g/mol. The Morgan fingerprint density at radius 3 is 2.72 bits per heavy atom. The van der Waals surface area contributed by atoms with Gasteiger partial charge in [-0.25, -0.2) is 4.39 Å². The standard InChI is InChI=1S/C16H10FN5O2S/c17-10-2-4-11(5-3-10)22-13(23)6-1-9-7-12(19-14(9)22)15(24)20-16-21-18-8-25-16/h1-8,19H,(H,20,21,24). The molecule has 0 aliphatic rings. The molecule has 0 radical (unpaired) electrons. The van der Waals surface area contributed by atoms with Crippen molar-refractivity contribution < 1.29 is 9.18 Å². The van der Waals surface area contributed by atoms with Gasteiger partial charge in [0.05, 0.1) is 5.69 Å². The number of nitrogens with one attached hydrogen (secondary N) is 2. The Labute approximate surface area is 143 Å². The van der Waals surface area contributed by atoms with Gasteiger partial charge in [-0.05, 0) is 36.4 Å². The first-order chi connectivity index (χ1) is 12.1. The third kappa shape index (κ3) is 2.81. The highest BCUT2D eigenvalue weighted by molar-refractivity contribution is 7.13. The van der Waals surface area contributed by atoms with Crippen LogP contribution in [0.2, 0.25) is 0 Å². The molecule has 1 aromatic carbocycles. The van der Waals surface area contributed by atoms with E-state index in [2.05, 4.69) is 20.5 Å². The number of fused-ring (bicyclic) bond motifs is 1. The Hall–Kier alpha value is -3.33. The molecular formula is C16H10FN5O2S. The summed E-state index contributed by atoms with van der Waals surface area (Å²) in [6.07, 6.45) is 0. The van der Waals surface area contributed by atoms with Gasteiger partial charge in [0.2, 0.25) is 5.13 Å². The van der Waals surface area contributed by atoms with Crippen molar-refractivity contribution in [1.29, 1.82) is 0 Å². The minimum absolute atomic E-state index is 0.270. The third-order valence-electron chi connectivity index (χ3n) is 3.59. The summed E-state index contributed by atoms with van der Waals surface area (Å²) in [5, 5.41) is 11.1. The van der Waals surface area contributed by atoms with E-state index in [4.69, 9.17) is 0 Å². The molecule has 0 saturated carbocycles. The molecule has 2 N–H and O–H groups in total. The average Bonchev–Trinajstić information content (AvgIpc) is 3.25. The molecule has 9 heteroatoms. The lowest BCUT2D eigenvalue weighted by Crippen LogP contribution is -2.17. The van der Waals surface area contributed by atoms with Crippen LogP contribution in [0, 0.1) is 5.82 Å². The van der Waals surface area contributed by atoms with Crippen molar-refractivity contribution in [2.24, 2.45) is 0 Å². The second-order valence-corrected chi connectivity index (χ2v) is 6.00. The van der Waals surface area contributed by atoms with Gasteiger partial charge in [0.1, 0.15) is 22.7 Å². The molecule has 0 atom stereocenters. The lowest BCUT2D eigenvalue weighted by Gasteiger charge is -2.07. The van der Waals surface area contributed by atoms with Crippen LogP contribution in [0.25, 0.3) is 16.7 Å². The number of hydrogen-bond acceptors (Lipinski definition) is 5. The first-order valence-corrected chi connectivity index (χ1v) is 8.08. The van der Waals surface area contributed by atoms with Crippen molar-refractivity contribution in [3.8, 4) is 5.69 Å². The van der Waals surface area contributed by atoms with E-state index in [1.165, 1.54) is 51.7 Å². The molecule has 3 heterocycles. The third-order valence-corrected chi connectivity index (χ3v) is 4.19. The zero-order valence-corrected chi connectivity index (χ0v) is 13.4. The normalized spacial score (nSPS) is 10.9. The number of nitrogens with zero attached hydrogens (tertiary/aromatic N) is 3. The van der Waals surface area contributed by atoms with Crippen LogP contribution in [-0.4, -0.2) is 25.7 Å². The number of aromatic nitrogens is 4. The molecule has 7 nitrogen and oxygen atoms in total. The molecule has 0 aliphatic heterocycles. The smallest absolute Gasteiger partial charge is 0.273 e. The molecule has 4 rings (SSSR count). The van der Waals surface area contributed by atoms with Gasteiger partial charge in [-0.15, -0.1) is 10.2 Å². The van der Waals surface area contributed by atoms with Gasteiger partial charge in [-0.3, -0.25) is 19.5 Å². The second-order valence-electron chi connectivity index (χ2n) is 5.17. The van der Waals surface area contributed by atoms with E-state index in [0.717, 1.165) is 0 Å². The van der Waals surface area contributed by atoms with Gasteiger partial charge in [-0.1, -0.05) is 11.3 Å². The van der Waals surface area contributed by atoms with Crippen molar-refractivity contribution >= 4 is 33.4 Å². The number of rotatable bonds is 3. The summed E-state index contributed by atoms with van der Waals surface area (Å²) in [7, 11) is 0. The number of benzene rings is 1. The number of H-pyrrole nitrogens is 1. The van der Waals surface area contributed by atoms with Crippen LogP contribution >= 0.6 is 11.3 Å². The SMILES string of the molecule is O=C(Nc1nncs1)c1cc2ccc(=O)n(-c3ccc(F)cc3)c2[nH]1. The Kier molecular flexibility index (Phi) is 3.62. The van der Waals surface area contributed by atoms with Crippen molar-refractivity contribution in [2.45, 2.75) is 0 Å². The van der Waals surface area contributed by atoms with Gasteiger partial charge in [0.25, 0.3) is 11.5 Å². The molecule has 124 valence electrons. The highest BCUT2D eigenvalue weighted by Gasteiger charge is 2.14. The van der Waals surface area contributed by atoms with Crippen molar-refractivity contribution in [1.82, 2.24) is 19.7 Å². The molecule has 0 fully saturated rings. The number of aromatic amines is 1. The van der Waals surface area contributed by atoms with Crippen LogP contribution in [0.15, 0.2) is 52.8 Å². The molecule has 25 heavy (non-hydrogen) atoms. The van der Waals surface area contributed by atoms with Gasteiger partial charge in [-0.2, -0.15) is 0 Å². The number of carbonyl (C=O) groups is 1. The summed E-state index contributed by atoms with van der Waals surface area (Å²) < 4.78 is 14.5. The van der Waals surface area contributed by atoms with Gasteiger partial charge >= 0.3 is 0 Å². The predicted molar refractivity (Wildman–Crippen MR) is 91.7 cm³/mol. The van der Waals surface area contributed by atoms with Crippen LogP contribution < -0.4 is 10.9 Å². The van der Waals surface area contributed by atoms with Crippen LogP contribution in [0.1, 0.15) is 10.5 Å². The first kappa shape index (κ1) is 15.2.